The molecule has 15 nitrogen and oxygen atoms in total. The minimum absolute atomic E-state index is 0.189. The second-order valence-corrected chi connectivity index (χ2v) is 8.97. The first kappa shape index (κ1) is 36.9. The molecular formula is C29H43N3O12. The van der Waals surface area contributed by atoms with E-state index in [1.165, 1.54) is 12.1 Å². The van der Waals surface area contributed by atoms with Gasteiger partial charge in [0.2, 0.25) is 0 Å². The van der Waals surface area contributed by atoms with Gasteiger partial charge in [-0.05, 0) is 11.6 Å². The van der Waals surface area contributed by atoms with Crippen LogP contribution >= 0.6 is 0 Å². The Bertz CT molecular complexity index is 1030. The number of ether oxygens (including phenoxy) is 8. The molecule has 0 aliphatic heterocycles. The predicted octanol–water partition coefficient (Wildman–Crippen LogP) is 3.25. The highest BCUT2D eigenvalue weighted by Crippen LogP contribution is 2.28. The molecule has 0 aliphatic rings. The van der Waals surface area contributed by atoms with E-state index < -0.39 is 9.85 Å². The molecule has 0 saturated carbocycles. The highest BCUT2D eigenvalue weighted by Gasteiger charge is 2.19. The van der Waals surface area contributed by atoms with Crippen molar-refractivity contribution in [1.29, 1.82) is 0 Å². The van der Waals surface area contributed by atoms with Gasteiger partial charge in [-0.3, -0.25) is 20.2 Å². The van der Waals surface area contributed by atoms with Crippen molar-refractivity contribution in [3.05, 3.63) is 74.3 Å². The molecule has 2 aromatic rings. The smallest absolute Gasteiger partial charge is 0.299 e. The first-order valence-corrected chi connectivity index (χ1v) is 14.4. The van der Waals surface area contributed by atoms with E-state index in [2.05, 4.69) is 5.32 Å². The number of hydrogen-bond donors (Lipinski definition) is 1. The van der Waals surface area contributed by atoms with E-state index in [-0.39, 0.29) is 23.7 Å². The Morgan fingerprint density at radius 1 is 0.523 bits per heavy atom. The number of nitro groups is 2. The molecule has 0 amide bonds. The largest absolute Gasteiger partial charge is 0.377 e. The average Bonchev–Trinajstić information content (AvgIpc) is 3.03. The van der Waals surface area contributed by atoms with Crippen molar-refractivity contribution < 1.29 is 47.7 Å². The van der Waals surface area contributed by atoms with Gasteiger partial charge in [0.05, 0.1) is 122 Å². The van der Waals surface area contributed by atoms with Crippen molar-refractivity contribution in [2.24, 2.45) is 0 Å². The van der Waals surface area contributed by atoms with Crippen LogP contribution in [0.25, 0.3) is 0 Å². The minimum Gasteiger partial charge on any atom is -0.377 e. The van der Waals surface area contributed by atoms with Crippen LogP contribution in [0.5, 0.6) is 0 Å². The van der Waals surface area contributed by atoms with Crippen LogP contribution in [-0.4, -0.2) is 115 Å². The number of nitrogens with one attached hydrogen (secondary N) is 1. The van der Waals surface area contributed by atoms with Crippen molar-refractivity contribution >= 4 is 17.1 Å². The lowest BCUT2D eigenvalue weighted by atomic mass is 10.2. The van der Waals surface area contributed by atoms with E-state index in [0.717, 1.165) is 11.6 Å². The summed E-state index contributed by atoms with van der Waals surface area (Å²) in [4.78, 5) is 20.6. The molecule has 0 heterocycles. The maximum atomic E-state index is 11.1. The van der Waals surface area contributed by atoms with E-state index in [4.69, 9.17) is 37.9 Å². The SMILES string of the molecule is O=[N+]([O-])c1ccc(NCCOCCOCCOCCOCCOCCOCCOCCOCc2ccccc2)c([N+](=O)[O-])c1. The number of benzene rings is 2. The molecule has 246 valence electrons. The summed E-state index contributed by atoms with van der Waals surface area (Å²) in [5.41, 5.74) is 0.626. The number of rotatable bonds is 29. The standard InChI is InChI=1S/C29H43N3O12/c33-31(34)27-6-7-28(29(24-27)32(35)36)30-8-9-37-10-11-38-12-13-39-14-15-40-16-17-41-18-19-42-20-21-43-22-23-44-25-26-4-2-1-3-5-26/h1-7,24,30H,8-23,25H2. The van der Waals surface area contributed by atoms with Crippen LogP contribution in [0.1, 0.15) is 5.56 Å². The molecule has 0 atom stereocenters. The van der Waals surface area contributed by atoms with E-state index >= 15 is 0 Å². The Labute approximate surface area is 256 Å². The number of nitrogens with zero attached hydrogens (tertiary/aromatic N) is 2. The predicted molar refractivity (Wildman–Crippen MR) is 160 cm³/mol. The molecule has 0 saturated heterocycles. The van der Waals surface area contributed by atoms with Crippen LogP contribution in [0.4, 0.5) is 17.1 Å². The highest BCUT2D eigenvalue weighted by molar-refractivity contribution is 5.65. The van der Waals surface area contributed by atoms with E-state index in [9.17, 15) is 20.2 Å². The number of hydrogen-bond acceptors (Lipinski definition) is 13. The molecule has 0 fully saturated rings. The third kappa shape index (κ3) is 18.4. The zero-order chi connectivity index (χ0) is 31.5. The third-order valence-electron chi connectivity index (χ3n) is 5.67. The van der Waals surface area contributed by atoms with Gasteiger partial charge in [-0.2, -0.15) is 0 Å². The first-order valence-electron chi connectivity index (χ1n) is 14.4. The Morgan fingerprint density at radius 3 is 1.39 bits per heavy atom. The quantitative estimate of drug-likeness (QED) is 0.0794. The Hall–Kier alpha value is -3.28. The fraction of sp³-hybridized carbons (Fsp3) is 0.586. The molecule has 44 heavy (non-hydrogen) atoms. The Balaban J connectivity index is 1.25. The fourth-order valence-electron chi connectivity index (χ4n) is 3.50. The Morgan fingerprint density at radius 2 is 0.955 bits per heavy atom. The zero-order valence-corrected chi connectivity index (χ0v) is 24.9. The maximum Gasteiger partial charge on any atom is 0.299 e. The van der Waals surface area contributed by atoms with Crippen LogP contribution in [0.15, 0.2) is 48.5 Å². The molecule has 0 spiro atoms. The Kier molecular flexibility index (Phi) is 21.0. The van der Waals surface area contributed by atoms with Gasteiger partial charge in [-0.1, -0.05) is 30.3 Å². The van der Waals surface area contributed by atoms with E-state index in [1.54, 1.807) is 0 Å². The lowest BCUT2D eigenvalue weighted by Crippen LogP contribution is -2.15. The van der Waals surface area contributed by atoms with Gasteiger partial charge in [0.1, 0.15) is 5.69 Å². The van der Waals surface area contributed by atoms with Gasteiger partial charge in [-0.25, -0.2) is 0 Å². The molecule has 0 aromatic heterocycles. The summed E-state index contributed by atoms with van der Waals surface area (Å²) in [6, 6.07) is 13.4. The number of non-ortho nitro benzene ring substituents is 1. The molecule has 1 N–H and O–H groups in total. The molecular weight excluding hydrogens is 582 g/mol. The van der Waals surface area contributed by atoms with E-state index in [1.807, 2.05) is 30.3 Å². The first-order chi connectivity index (χ1) is 21.6. The van der Waals surface area contributed by atoms with Crippen LogP contribution in [0.2, 0.25) is 0 Å². The summed E-state index contributed by atoms with van der Waals surface area (Å²) in [5.74, 6) is 0. The summed E-state index contributed by atoms with van der Waals surface area (Å²) < 4.78 is 43.7. The van der Waals surface area contributed by atoms with Crippen LogP contribution in [0.3, 0.4) is 0 Å². The minimum atomic E-state index is -0.680. The second kappa shape index (κ2) is 25.1. The van der Waals surface area contributed by atoms with Crippen molar-refractivity contribution in [3.63, 3.8) is 0 Å². The van der Waals surface area contributed by atoms with Gasteiger partial charge in [0.25, 0.3) is 11.4 Å². The van der Waals surface area contributed by atoms with Crippen LogP contribution in [-0.2, 0) is 44.5 Å². The monoisotopic (exact) mass is 625 g/mol. The van der Waals surface area contributed by atoms with Crippen molar-refractivity contribution in [3.8, 4) is 0 Å². The molecule has 0 radical (unpaired) electrons. The molecule has 2 rings (SSSR count). The molecule has 0 unspecified atom stereocenters. The molecule has 15 heteroatoms. The maximum absolute atomic E-state index is 11.1. The summed E-state index contributed by atoms with van der Waals surface area (Å²) in [6.07, 6.45) is 0. The van der Waals surface area contributed by atoms with Crippen molar-refractivity contribution in [2.75, 3.05) is 111 Å². The van der Waals surface area contributed by atoms with Crippen molar-refractivity contribution in [2.45, 2.75) is 6.61 Å². The van der Waals surface area contributed by atoms with E-state index in [0.29, 0.717) is 106 Å². The van der Waals surface area contributed by atoms with Crippen LogP contribution in [0, 0.1) is 20.2 Å². The average molecular weight is 626 g/mol. The summed E-state index contributed by atoms with van der Waals surface area (Å²) in [5, 5.41) is 24.8. The lowest BCUT2D eigenvalue weighted by molar-refractivity contribution is -0.393. The molecule has 0 aliphatic carbocycles. The summed E-state index contributed by atoms with van der Waals surface area (Å²) in [6.45, 7) is 7.62. The number of nitro benzene ring substituents is 2. The summed E-state index contributed by atoms with van der Waals surface area (Å²) >= 11 is 0. The second-order valence-electron chi connectivity index (χ2n) is 8.97. The van der Waals surface area contributed by atoms with Crippen LogP contribution < -0.4 is 5.32 Å². The lowest BCUT2D eigenvalue weighted by Gasteiger charge is -2.09. The van der Waals surface area contributed by atoms with Gasteiger partial charge in [0.15, 0.2) is 0 Å². The summed E-state index contributed by atoms with van der Waals surface area (Å²) in [7, 11) is 0. The normalized spacial score (nSPS) is 11.1. The van der Waals surface area contributed by atoms with Gasteiger partial charge in [-0.15, -0.1) is 0 Å². The topological polar surface area (TPSA) is 172 Å². The third-order valence-corrected chi connectivity index (χ3v) is 5.67. The van der Waals surface area contributed by atoms with Gasteiger partial charge < -0.3 is 43.2 Å². The highest BCUT2D eigenvalue weighted by atomic mass is 16.6. The zero-order valence-electron chi connectivity index (χ0n) is 24.9. The number of anilines is 1. The molecule has 2 aromatic carbocycles. The van der Waals surface area contributed by atoms with Gasteiger partial charge in [0, 0.05) is 12.6 Å². The van der Waals surface area contributed by atoms with Gasteiger partial charge >= 0.3 is 0 Å². The fourth-order valence-corrected chi connectivity index (χ4v) is 3.50. The van der Waals surface area contributed by atoms with Crippen molar-refractivity contribution in [1.82, 2.24) is 0 Å². The molecule has 0 bridgehead atoms.